The van der Waals surface area contributed by atoms with Crippen LogP contribution in [-0.4, -0.2) is 23.5 Å². The van der Waals surface area contributed by atoms with E-state index in [1.54, 1.807) is 38.1 Å². The fourth-order valence-electron chi connectivity index (χ4n) is 1.25. The van der Waals surface area contributed by atoms with Crippen LogP contribution >= 0.6 is 0 Å². The van der Waals surface area contributed by atoms with Gasteiger partial charge in [-0.3, -0.25) is 4.79 Å². The van der Waals surface area contributed by atoms with Crippen LogP contribution in [0.5, 0.6) is 5.75 Å². The number of rotatable bonds is 5. The molecule has 0 aliphatic heterocycles. The second kappa shape index (κ2) is 5.30. The van der Waals surface area contributed by atoms with Crippen molar-refractivity contribution in [3.63, 3.8) is 0 Å². The first kappa shape index (κ1) is 12.2. The maximum Gasteiger partial charge on any atom is 0.341 e. The third kappa shape index (κ3) is 3.08. The number of Topliss-reactive ketones (excluding diaryl/α,β-unsaturated/α-hetero) is 1. The number of carbonyl (C=O) groups is 2. The van der Waals surface area contributed by atoms with Crippen LogP contribution in [-0.2, 0) is 4.79 Å². The van der Waals surface area contributed by atoms with Crippen LogP contribution in [0, 0.1) is 5.92 Å². The van der Waals surface area contributed by atoms with Crippen LogP contribution < -0.4 is 4.74 Å². The van der Waals surface area contributed by atoms with Crippen molar-refractivity contribution in [2.75, 3.05) is 6.61 Å². The Kier molecular flexibility index (Phi) is 4.05. The van der Waals surface area contributed by atoms with Crippen LogP contribution in [0.3, 0.4) is 0 Å². The highest BCUT2D eigenvalue weighted by molar-refractivity contribution is 5.99. The molecule has 0 saturated carbocycles. The predicted octanol–water partition coefficient (Wildman–Crippen LogP) is 1.99. The molecule has 0 aliphatic carbocycles. The molecule has 1 N–H and O–H groups in total. The lowest BCUT2D eigenvalue weighted by molar-refractivity contribution is -0.139. The quantitative estimate of drug-likeness (QED) is 0.774. The van der Waals surface area contributed by atoms with E-state index in [1.807, 2.05) is 0 Å². The van der Waals surface area contributed by atoms with E-state index in [-0.39, 0.29) is 11.7 Å². The van der Waals surface area contributed by atoms with Crippen LogP contribution in [0.15, 0.2) is 24.3 Å². The SMILES string of the molecule is CC(C)C(=O)c1ccccc1OCC(=O)O. The van der Waals surface area contributed by atoms with Crippen molar-refractivity contribution in [2.45, 2.75) is 13.8 Å². The smallest absolute Gasteiger partial charge is 0.341 e. The molecule has 0 radical (unpaired) electrons. The largest absolute Gasteiger partial charge is 0.481 e. The Bertz CT molecular complexity index is 396. The van der Waals surface area contributed by atoms with Gasteiger partial charge < -0.3 is 9.84 Å². The van der Waals surface area contributed by atoms with E-state index in [0.717, 1.165) is 0 Å². The van der Waals surface area contributed by atoms with Gasteiger partial charge in [0, 0.05) is 5.92 Å². The molecule has 0 heterocycles. The number of carboxylic acid groups (broad SMARTS) is 1. The molecule has 0 fully saturated rings. The number of ether oxygens (including phenoxy) is 1. The number of benzene rings is 1. The van der Waals surface area contributed by atoms with Crippen molar-refractivity contribution in [1.82, 2.24) is 0 Å². The molecular weight excluding hydrogens is 208 g/mol. The molecule has 0 atom stereocenters. The molecule has 0 amide bonds. The number of carbonyl (C=O) groups excluding carboxylic acids is 1. The Morgan fingerprint density at radius 3 is 2.50 bits per heavy atom. The average molecular weight is 222 g/mol. The van der Waals surface area contributed by atoms with Gasteiger partial charge in [0.05, 0.1) is 5.56 Å². The van der Waals surface area contributed by atoms with E-state index < -0.39 is 12.6 Å². The Morgan fingerprint density at radius 1 is 1.31 bits per heavy atom. The second-order valence-corrected chi connectivity index (χ2v) is 3.70. The zero-order valence-corrected chi connectivity index (χ0v) is 9.27. The number of hydrogen-bond acceptors (Lipinski definition) is 3. The molecule has 1 rings (SSSR count). The van der Waals surface area contributed by atoms with E-state index in [9.17, 15) is 9.59 Å². The van der Waals surface area contributed by atoms with Gasteiger partial charge in [-0.1, -0.05) is 26.0 Å². The minimum atomic E-state index is -1.06. The maximum absolute atomic E-state index is 11.8. The topological polar surface area (TPSA) is 63.6 Å². The van der Waals surface area contributed by atoms with Crippen LogP contribution in [0.4, 0.5) is 0 Å². The Balaban J connectivity index is 2.91. The monoisotopic (exact) mass is 222 g/mol. The second-order valence-electron chi connectivity index (χ2n) is 3.70. The Labute approximate surface area is 93.9 Å². The molecule has 0 aliphatic rings. The van der Waals surface area contributed by atoms with Crippen LogP contribution in [0.1, 0.15) is 24.2 Å². The first-order chi connectivity index (χ1) is 7.52. The van der Waals surface area contributed by atoms with Gasteiger partial charge >= 0.3 is 5.97 Å². The molecule has 1 aromatic carbocycles. The number of para-hydroxylation sites is 1. The van der Waals surface area contributed by atoms with Gasteiger partial charge in [-0.2, -0.15) is 0 Å². The summed E-state index contributed by atoms with van der Waals surface area (Å²) in [6.45, 7) is 3.13. The highest BCUT2D eigenvalue weighted by atomic mass is 16.5. The van der Waals surface area contributed by atoms with Crippen molar-refractivity contribution in [3.8, 4) is 5.75 Å². The molecule has 0 bridgehead atoms. The zero-order chi connectivity index (χ0) is 12.1. The van der Waals surface area contributed by atoms with E-state index in [2.05, 4.69) is 0 Å². The van der Waals surface area contributed by atoms with Gasteiger partial charge in [0.2, 0.25) is 0 Å². The summed E-state index contributed by atoms with van der Waals surface area (Å²) in [5, 5.41) is 8.50. The summed E-state index contributed by atoms with van der Waals surface area (Å²) in [5.74, 6) is -0.939. The van der Waals surface area contributed by atoms with Crippen LogP contribution in [0.25, 0.3) is 0 Å². The highest BCUT2D eigenvalue weighted by Crippen LogP contribution is 2.21. The minimum Gasteiger partial charge on any atom is -0.481 e. The lowest BCUT2D eigenvalue weighted by Gasteiger charge is -2.10. The summed E-state index contributed by atoms with van der Waals surface area (Å²) in [6.07, 6.45) is 0. The average Bonchev–Trinajstić information content (AvgIpc) is 2.25. The lowest BCUT2D eigenvalue weighted by Crippen LogP contribution is -2.14. The van der Waals surface area contributed by atoms with Crippen molar-refractivity contribution < 1.29 is 19.4 Å². The Hall–Kier alpha value is -1.84. The Morgan fingerprint density at radius 2 is 1.94 bits per heavy atom. The maximum atomic E-state index is 11.8. The van der Waals surface area contributed by atoms with E-state index in [0.29, 0.717) is 11.3 Å². The highest BCUT2D eigenvalue weighted by Gasteiger charge is 2.15. The molecule has 4 nitrogen and oxygen atoms in total. The first-order valence-electron chi connectivity index (χ1n) is 5.00. The molecular formula is C12H14O4. The predicted molar refractivity (Wildman–Crippen MR) is 58.7 cm³/mol. The summed E-state index contributed by atoms with van der Waals surface area (Å²) in [5.41, 5.74) is 0.429. The number of ketones is 1. The molecule has 1 aromatic rings. The summed E-state index contributed by atoms with van der Waals surface area (Å²) in [7, 11) is 0. The van der Waals surface area contributed by atoms with Gasteiger partial charge in [-0.05, 0) is 12.1 Å². The fourth-order valence-corrected chi connectivity index (χ4v) is 1.25. The van der Waals surface area contributed by atoms with E-state index in [4.69, 9.17) is 9.84 Å². The number of aliphatic carboxylic acids is 1. The molecule has 16 heavy (non-hydrogen) atoms. The molecule has 0 unspecified atom stereocenters. The third-order valence-corrected chi connectivity index (χ3v) is 2.03. The van der Waals surface area contributed by atoms with Gasteiger partial charge in [-0.25, -0.2) is 4.79 Å². The zero-order valence-electron chi connectivity index (χ0n) is 9.27. The van der Waals surface area contributed by atoms with Gasteiger partial charge in [0.1, 0.15) is 5.75 Å². The summed E-state index contributed by atoms with van der Waals surface area (Å²) < 4.78 is 5.05. The molecule has 4 heteroatoms. The van der Waals surface area contributed by atoms with E-state index >= 15 is 0 Å². The fraction of sp³-hybridized carbons (Fsp3) is 0.333. The lowest BCUT2D eigenvalue weighted by atomic mass is 10.0. The first-order valence-corrected chi connectivity index (χ1v) is 5.00. The normalized spacial score (nSPS) is 10.2. The third-order valence-electron chi connectivity index (χ3n) is 2.03. The van der Waals surface area contributed by atoms with Gasteiger partial charge in [0.15, 0.2) is 12.4 Å². The molecule has 0 saturated heterocycles. The van der Waals surface area contributed by atoms with Crippen LogP contribution in [0.2, 0.25) is 0 Å². The van der Waals surface area contributed by atoms with Crippen molar-refractivity contribution in [3.05, 3.63) is 29.8 Å². The summed E-state index contributed by atoms with van der Waals surface area (Å²) >= 11 is 0. The van der Waals surface area contributed by atoms with Gasteiger partial charge in [0.25, 0.3) is 0 Å². The van der Waals surface area contributed by atoms with Crippen molar-refractivity contribution >= 4 is 11.8 Å². The molecule has 0 aromatic heterocycles. The standard InChI is InChI=1S/C12H14O4/c1-8(2)12(15)9-5-3-4-6-10(9)16-7-11(13)14/h3-6,8H,7H2,1-2H3,(H,13,14). The summed E-state index contributed by atoms with van der Waals surface area (Å²) in [4.78, 5) is 22.2. The number of hydrogen-bond donors (Lipinski definition) is 1. The van der Waals surface area contributed by atoms with Crippen molar-refractivity contribution in [1.29, 1.82) is 0 Å². The number of carboxylic acids is 1. The molecule has 86 valence electrons. The van der Waals surface area contributed by atoms with Crippen molar-refractivity contribution in [2.24, 2.45) is 5.92 Å². The summed E-state index contributed by atoms with van der Waals surface area (Å²) in [6, 6.07) is 6.66. The molecule has 0 spiro atoms. The van der Waals surface area contributed by atoms with Gasteiger partial charge in [-0.15, -0.1) is 0 Å². The van der Waals surface area contributed by atoms with E-state index in [1.165, 1.54) is 0 Å². The minimum absolute atomic E-state index is 0.0546.